The second-order valence-corrected chi connectivity index (χ2v) is 5.31. The summed E-state index contributed by atoms with van der Waals surface area (Å²) in [7, 11) is 0. The van der Waals surface area contributed by atoms with E-state index in [4.69, 9.17) is 9.84 Å². The van der Waals surface area contributed by atoms with Crippen molar-refractivity contribution in [3.05, 3.63) is 0 Å². The zero-order valence-corrected chi connectivity index (χ0v) is 10.2. The van der Waals surface area contributed by atoms with Crippen LogP contribution in [0.2, 0.25) is 0 Å². The lowest BCUT2D eigenvalue weighted by molar-refractivity contribution is -0.142. The highest BCUT2D eigenvalue weighted by Crippen LogP contribution is 2.24. The van der Waals surface area contributed by atoms with Crippen LogP contribution in [-0.4, -0.2) is 40.8 Å². The Hall–Kier alpha value is -1.26. The number of likely N-dealkylation sites (tertiary alicyclic amines) is 1. The zero-order chi connectivity index (χ0) is 12.5. The lowest BCUT2D eigenvalue weighted by Gasteiger charge is -2.24. The van der Waals surface area contributed by atoms with E-state index in [9.17, 15) is 9.59 Å². The van der Waals surface area contributed by atoms with Crippen molar-refractivity contribution >= 4 is 12.1 Å². The van der Waals surface area contributed by atoms with Crippen LogP contribution in [0, 0.1) is 11.8 Å². The van der Waals surface area contributed by atoms with Crippen molar-refractivity contribution in [1.82, 2.24) is 4.90 Å². The van der Waals surface area contributed by atoms with Gasteiger partial charge in [0.2, 0.25) is 0 Å². The lowest BCUT2D eigenvalue weighted by Crippen LogP contribution is -2.35. The van der Waals surface area contributed by atoms with Crippen LogP contribution < -0.4 is 0 Å². The molecule has 0 aromatic carbocycles. The first-order valence-electron chi connectivity index (χ1n) is 5.41. The van der Waals surface area contributed by atoms with Gasteiger partial charge < -0.3 is 14.7 Å². The van der Waals surface area contributed by atoms with E-state index >= 15 is 0 Å². The number of carboxylic acids is 1. The summed E-state index contributed by atoms with van der Waals surface area (Å²) in [4.78, 5) is 24.0. The van der Waals surface area contributed by atoms with E-state index in [0.717, 1.165) is 0 Å². The van der Waals surface area contributed by atoms with Crippen molar-refractivity contribution in [2.24, 2.45) is 11.8 Å². The average molecular weight is 229 g/mol. The number of aliphatic carboxylic acids is 1. The maximum atomic E-state index is 11.7. The summed E-state index contributed by atoms with van der Waals surface area (Å²) in [6.07, 6.45) is -0.428. The SMILES string of the molecule is CC1CN(C(=O)OC(C)(C)C)C[C@H]1C(=O)O. The predicted octanol–water partition coefficient (Wildman–Crippen LogP) is 1.57. The third-order valence-electron chi connectivity index (χ3n) is 2.58. The van der Waals surface area contributed by atoms with Gasteiger partial charge in [0.05, 0.1) is 5.92 Å². The Bertz CT molecular complexity index is 295. The second-order valence-electron chi connectivity index (χ2n) is 5.31. The molecule has 5 nitrogen and oxygen atoms in total. The fourth-order valence-electron chi connectivity index (χ4n) is 1.76. The molecule has 0 aromatic rings. The van der Waals surface area contributed by atoms with Crippen LogP contribution in [0.1, 0.15) is 27.7 Å². The quantitative estimate of drug-likeness (QED) is 0.741. The van der Waals surface area contributed by atoms with Gasteiger partial charge in [-0.2, -0.15) is 0 Å². The molecule has 16 heavy (non-hydrogen) atoms. The fourth-order valence-corrected chi connectivity index (χ4v) is 1.76. The number of carboxylic acid groups (broad SMARTS) is 1. The molecule has 1 aliphatic rings. The molecular weight excluding hydrogens is 210 g/mol. The van der Waals surface area contributed by atoms with Gasteiger partial charge in [0.25, 0.3) is 0 Å². The second kappa shape index (κ2) is 4.31. The topological polar surface area (TPSA) is 66.8 Å². The summed E-state index contributed by atoms with van der Waals surface area (Å²) >= 11 is 0. The third kappa shape index (κ3) is 3.12. The van der Waals surface area contributed by atoms with E-state index in [1.54, 1.807) is 20.8 Å². The smallest absolute Gasteiger partial charge is 0.410 e. The van der Waals surface area contributed by atoms with Crippen molar-refractivity contribution < 1.29 is 19.4 Å². The number of amides is 1. The van der Waals surface area contributed by atoms with Crippen LogP contribution in [-0.2, 0) is 9.53 Å². The molecule has 1 heterocycles. The molecule has 0 aliphatic carbocycles. The molecule has 1 rings (SSSR count). The molecule has 0 aromatic heterocycles. The molecule has 0 spiro atoms. The van der Waals surface area contributed by atoms with E-state index in [-0.39, 0.29) is 12.5 Å². The Kier molecular flexibility index (Phi) is 3.45. The minimum atomic E-state index is -0.849. The number of hydrogen-bond acceptors (Lipinski definition) is 3. The highest BCUT2D eigenvalue weighted by atomic mass is 16.6. The summed E-state index contributed by atoms with van der Waals surface area (Å²) in [6.45, 7) is 7.90. The molecule has 92 valence electrons. The van der Waals surface area contributed by atoms with E-state index < -0.39 is 23.6 Å². The molecule has 0 saturated carbocycles. The molecule has 1 fully saturated rings. The van der Waals surface area contributed by atoms with Crippen molar-refractivity contribution in [3.8, 4) is 0 Å². The third-order valence-corrected chi connectivity index (χ3v) is 2.58. The first-order chi connectivity index (χ1) is 7.20. The minimum absolute atomic E-state index is 0.0231. The average Bonchev–Trinajstić information content (AvgIpc) is 2.44. The zero-order valence-electron chi connectivity index (χ0n) is 10.2. The van der Waals surface area contributed by atoms with E-state index in [1.807, 2.05) is 6.92 Å². The van der Waals surface area contributed by atoms with Crippen molar-refractivity contribution in [2.75, 3.05) is 13.1 Å². The van der Waals surface area contributed by atoms with Gasteiger partial charge in [-0.15, -0.1) is 0 Å². The largest absolute Gasteiger partial charge is 0.481 e. The van der Waals surface area contributed by atoms with Gasteiger partial charge in [0.15, 0.2) is 0 Å². The Morgan fingerprint density at radius 2 is 1.88 bits per heavy atom. The van der Waals surface area contributed by atoms with Crippen LogP contribution >= 0.6 is 0 Å². The molecule has 1 amide bonds. The highest BCUT2D eigenvalue weighted by molar-refractivity contribution is 5.74. The summed E-state index contributed by atoms with van der Waals surface area (Å²) in [6, 6.07) is 0. The van der Waals surface area contributed by atoms with Gasteiger partial charge in [0, 0.05) is 13.1 Å². The normalized spacial score (nSPS) is 25.6. The van der Waals surface area contributed by atoms with Gasteiger partial charge in [-0.1, -0.05) is 6.92 Å². The predicted molar refractivity (Wildman–Crippen MR) is 58.1 cm³/mol. The first-order valence-corrected chi connectivity index (χ1v) is 5.41. The van der Waals surface area contributed by atoms with Gasteiger partial charge in [-0.05, 0) is 26.7 Å². The van der Waals surface area contributed by atoms with Gasteiger partial charge in [-0.3, -0.25) is 4.79 Å². The molecule has 1 saturated heterocycles. The first kappa shape index (κ1) is 12.8. The van der Waals surface area contributed by atoms with E-state index in [2.05, 4.69) is 0 Å². The number of nitrogens with zero attached hydrogens (tertiary/aromatic N) is 1. The highest BCUT2D eigenvalue weighted by Gasteiger charge is 2.38. The van der Waals surface area contributed by atoms with Gasteiger partial charge in [-0.25, -0.2) is 4.79 Å². The van der Waals surface area contributed by atoms with Crippen molar-refractivity contribution in [1.29, 1.82) is 0 Å². The summed E-state index contributed by atoms with van der Waals surface area (Å²) < 4.78 is 5.19. The van der Waals surface area contributed by atoms with Crippen molar-refractivity contribution in [2.45, 2.75) is 33.3 Å². The van der Waals surface area contributed by atoms with Gasteiger partial charge in [0.1, 0.15) is 5.60 Å². The fraction of sp³-hybridized carbons (Fsp3) is 0.818. The standard InChI is InChI=1S/C11H19NO4/c1-7-5-12(6-8(7)9(13)14)10(15)16-11(2,3)4/h7-8H,5-6H2,1-4H3,(H,13,14)/t7?,8-/m1/s1. The molecule has 1 unspecified atom stereocenters. The Labute approximate surface area is 95.4 Å². The number of ether oxygens (including phenoxy) is 1. The summed E-state index contributed by atoms with van der Waals surface area (Å²) in [5.41, 5.74) is -0.540. The van der Waals surface area contributed by atoms with E-state index in [1.165, 1.54) is 4.90 Å². The molecular formula is C11H19NO4. The van der Waals surface area contributed by atoms with Crippen LogP contribution in [0.3, 0.4) is 0 Å². The van der Waals surface area contributed by atoms with Crippen LogP contribution in [0.4, 0.5) is 4.79 Å². The number of carbonyl (C=O) groups is 2. The molecule has 1 N–H and O–H groups in total. The summed E-state index contributed by atoms with van der Waals surface area (Å²) in [5, 5.41) is 8.94. The Morgan fingerprint density at radius 1 is 1.31 bits per heavy atom. The van der Waals surface area contributed by atoms with Crippen LogP contribution in [0.5, 0.6) is 0 Å². The van der Waals surface area contributed by atoms with Crippen LogP contribution in [0.25, 0.3) is 0 Å². The molecule has 0 radical (unpaired) electrons. The van der Waals surface area contributed by atoms with E-state index in [0.29, 0.717) is 6.54 Å². The number of rotatable bonds is 1. The van der Waals surface area contributed by atoms with Crippen molar-refractivity contribution in [3.63, 3.8) is 0 Å². The maximum absolute atomic E-state index is 11.7. The molecule has 2 atom stereocenters. The van der Waals surface area contributed by atoms with Gasteiger partial charge >= 0.3 is 12.1 Å². The maximum Gasteiger partial charge on any atom is 0.410 e. The number of hydrogen-bond donors (Lipinski definition) is 1. The molecule has 5 heteroatoms. The Morgan fingerprint density at radius 3 is 2.25 bits per heavy atom. The Balaban J connectivity index is 2.58. The lowest BCUT2D eigenvalue weighted by atomic mass is 9.99. The summed E-state index contributed by atoms with van der Waals surface area (Å²) in [5.74, 6) is -1.35. The molecule has 1 aliphatic heterocycles. The molecule has 0 bridgehead atoms. The minimum Gasteiger partial charge on any atom is -0.481 e. The monoisotopic (exact) mass is 229 g/mol. The van der Waals surface area contributed by atoms with Crippen LogP contribution in [0.15, 0.2) is 0 Å². The number of carbonyl (C=O) groups excluding carboxylic acids is 1.